The van der Waals surface area contributed by atoms with E-state index in [0.717, 1.165) is 0 Å². The van der Waals surface area contributed by atoms with Crippen LogP contribution in [-0.4, -0.2) is 0 Å². The molecule has 2 aromatic carbocycles. The lowest BCUT2D eigenvalue weighted by Crippen LogP contribution is -2.00. The summed E-state index contributed by atoms with van der Waals surface area (Å²) in [6.45, 7) is 13.7. The van der Waals surface area contributed by atoms with Crippen LogP contribution in [-0.2, 0) is 12.8 Å². The van der Waals surface area contributed by atoms with Crippen LogP contribution in [0.4, 0.5) is 0 Å². The van der Waals surface area contributed by atoms with Crippen LogP contribution in [0.25, 0.3) is 11.1 Å². The Hall–Kier alpha value is -1.56. The van der Waals surface area contributed by atoms with Gasteiger partial charge in [0.2, 0.25) is 0 Å². The molecule has 0 saturated carbocycles. The van der Waals surface area contributed by atoms with Gasteiger partial charge in [-0.05, 0) is 97.9 Å². The molecule has 0 nitrogen and oxygen atoms in total. The molecule has 0 saturated heterocycles. The lowest BCUT2D eigenvalue weighted by molar-refractivity contribution is 0.662. The van der Waals surface area contributed by atoms with E-state index in [9.17, 15) is 0 Å². The van der Waals surface area contributed by atoms with Gasteiger partial charge in [0.05, 0.1) is 0 Å². The first kappa shape index (κ1) is 22.7. The standard InChI is InChI=1S/C28H42/c1-7-9-11-13-15-25-20-28(27-19-22(4)21(3)17-24(27)6)26(18-23(25)5)16-14-12-10-8-2/h17-20H,7-16H2,1-6H3. The first-order chi connectivity index (χ1) is 13.5. The second-order valence-corrected chi connectivity index (χ2v) is 8.81. The van der Waals surface area contributed by atoms with Crippen LogP contribution in [0.2, 0.25) is 0 Å². The molecule has 0 atom stereocenters. The van der Waals surface area contributed by atoms with E-state index in [2.05, 4.69) is 65.8 Å². The minimum Gasteiger partial charge on any atom is -0.0654 e. The van der Waals surface area contributed by atoms with Crippen LogP contribution >= 0.6 is 0 Å². The molecule has 28 heavy (non-hydrogen) atoms. The fourth-order valence-electron chi connectivity index (χ4n) is 4.27. The maximum absolute atomic E-state index is 2.54. The summed E-state index contributed by atoms with van der Waals surface area (Å²) in [5.41, 5.74) is 11.8. The molecule has 0 aliphatic heterocycles. The summed E-state index contributed by atoms with van der Waals surface area (Å²) < 4.78 is 0. The normalized spacial score (nSPS) is 11.2. The van der Waals surface area contributed by atoms with Gasteiger partial charge in [-0.1, -0.05) is 76.6 Å². The topological polar surface area (TPSA) is 0 Å². The summed E-state index contributed by atoms with van der Waals surface area (Å²) in [5.74, 6) is 0. The van der Waals surface area contributed by atoms with Crippen molar-refractivity contribution in [3.63, 3.8) is 0 Å². The highest BCUT2D eigenvalue weighted by Gasteiger charge is 2.13. The van der Waals surface area contributed by atoms with Crippen molar-refractivity contribution in [3.8, 4) is 11.1 Å². The lowest BCUT2D eigenvalue weighted by atomic mass is 9.87. The predicted molar refractivity (Wildman–Crippen MR) is 127 cm³/mol. The molecule has 0 fully saturated rings. The Kier molecular flexibility index (Phi) is 9.29. The molecule has 0 unspecified atom stereocenters. The molecular formula is C28H42. The number of hydrogen-bond acceptors (Lipinski definition) is 0. The van der Waals surface area contributed by atoms with Gasteiger partial charge in [0.1, 0.15) is 0 Å². The Morgan fingerprint density at radius 2 is 1.04 bits per heavy atom. The minimum absolute atomic E-state index is 1.21. The highest BCUT2D eigenvalue weighted by molar-refractivity contribution is 5.73. The van der Waals surface area contributed by atoms with Crippen molar-refractivity contribution >= 4 is 0 Å². The first-order valence-electron chi connectivity index (χ1n) is 11.7. The number of benzene rings is 2. The maximum atomic E-state index is 2.54. The Balaban J connectivity index is 2.38. The highest BCUT2D eigenvalue weighted by atomic mass is 14.2. The minimum atomic E-state index is 1.21. The van der Waals surface area contributed by atoms with Crippen molar-refractivity contribution in [1.29, 1.82) is 0 Å². The Bertz CT molecular complexity index is 751. The van der Waals surface area contributed by atoms with Gasteiger partial charge in [0.25, 0.3) is 0 Å². The van der Waals surface area contributed by atoms with Crippen LogP contribution < -0.4 is 0 Å². The lowest BCUT2D eigenvalue weighted by Gasteiger charge is -2.18. The van der Waals surface area contributed by atoms with Crippen molar-refractivity contribution in [2.75, 3.05) is 0 Å². The van der Waals surface area contributed by atoms with Crippen LogP contribution in [0.5, 0.6) is 0 Å². The van der Waals surface area contributed by atoms with Crippen molar-refractivity contribution in [3.05, 3.63) is 57.6 Å². The van der Waals surface area contributed by atoms with Crippen LogP contribution in [0, 0.1) is 27.7 Å². The van der Waals surface area contributed by atoms with E-state index >= 15 is 0 Å². The second kappa shape index (κ2) is 11.4. The summed E-state index contributed by atoms with van der Waals surface area (Å²) in [6, 6.07) is 9.83. The number of aryl methyl sites for hydroxylation is 6. The molecule has 0 aliphatic rings. The first-order valence-corrected chi connectivity index (χ1v) is 11.7. The molecule has 0 aromatic heterocycles. The zero-order valence-electron chi connectivity index (χ0n) is 19.4. The van der Waals surface area contributed by atoms with Gasteiger partial charge in [-0.3, -0.25) is 0 Å². The van der Waals surface area contributed by atoms with Crippen molar-refractivity contribution < 1.29 is 0 Å². The monoisotopic (exact) mass is 378 g/mol. The van der Waals surface area contributed by atoms with E-state index < -0.39 is 0 Å². The quantitative estimate of drug-likeness (QED) is 0.342. The number of hydrogen-bond donors (Lipinski definition) is 0. The summed E-state index contributed by atoms with van der Waals surface area (Å²) in [6.07, 6.45) is 13.1. The van der Waals surface area contributed by atoms with Crippen LogP contribution in [0.3, 0.4) is 0 Å². The summed E-state index contributed by atoms with van der Waals surface area (Å²) in [7, 11) is 0. The van der Waals surface area contributed by atoms with E-state index in [1.807, 2.05) is 0 Å². The fraction of sp³-hybridized carbons (Fsp3) is 0.571. The van der Waals surface area contributed by atoms with Gasteiger partial charge in [0.15, 0.2) is 0 Å². The van der Waals surface area contributed by atoms with E-state index in [4.69, 9.17) is 0 Å². The maximum Gasteiger partial charge on any atom is -0.0146 e. The Labute approximate surface area is 174 Å². The average molecular weight is 379 g/mol. The third-order valence-electron chi connectivity index (χ3n) is 6.29. The molecule has 0 heterocycles. The highest BCUT2D eigenvalue weighted by Crippen LogP contribution is 2.33. The molecule has 0 bridgehead atoms. The van der Waals surface area contributed by atoms with Gasteiger partial charge in [-0.25, -0.2) is 0 Å². The molecule has 0 aliphatic carbocycles. The number of rotatable bonds is 11. The molecule has 2 rings (SSSR count). The largest absolute Gasteiger partial charge is 0.0654 e. The average Bonchev–Trinajstić information content (AvgIpc) is 2.67. The second-order valence-electron chi connectivity index (χ2n) is 8.81. The molecule has 0 N–H and O–H groups in total. The summed E-state index contributed by atoms with van der Waals surface area (Å²) in [5, 5.41) is 0. The molecule has 154 valence electrons. The number of unbranched alkanes of at least 4 members (excludes halogenated alkanes) is 6. The smallest absolute Gasteiger partial charge is 0.0146 e. The van der Waals surface area contributed by atoms with E-state index in [1.165, 1.54) is 97.6 Å². The third kappa shape index (κ3) is 6.23. The van der Waals surface area contributed by atoms with Crippen LogP contribution in [0.15, 0.2) is 24.3 Å². The van der Waals surface area contributed by atoms with Gasteiger partial charge in [0, 0.05) is 0 Å². The SMILES string of the molecule is CCCCCCc1cc(-c2cc(C)c(C)cc2C)c(CCCCCC)cc1C. The molecular weight excluding hydrogens is 336 g/mol. The molecule has 0 heteroatoms. The van der Waals surface area contributed by atoms with Crippen molar-refractivity contribution in [2.24, 2.45) is 0 Å². The van der Waals surface area contributed by atoms with Crippen molar-refractivity contribution in [1.82, 2.24) is 0 Å². The zero-order chi connectivity index (χ0) is 20.5. The van der Waals surface area contributed by atoms with E-state index in [1.54, 1.807) is 11.1 Å². The predicted octanol–water partition coefficient (Wildman–Crippen LogP) is 8.83. The Morgan fingerprint density at radius 3 is 1.64 bits per heavy atom. The fourth-order valence-corrected chi connectivity index (χ4v) is 4.27. The van der Waals surface area contributed by atoms with Gasteiger partial charge in [-0.2, -0.15) is 0 Å². The van der Waals surface area contributed by atoms with E-state index in [-0.39, 0.29) is 0 Å². The van der Waals surface area contributed by atoms with Gasteiger partial charge >= 0.3 is 0 Å². The molecule has 0 radical (unpaired) electrons. The van der Waals surface area contributed by atoms with Gasteiger partial charge in [-0.15, -0.1) is 0 Å². The Morgan fingerprint density at radius 1 is 0.464 bits per heavy atom. The van der Waals surface area contributed by atoms with Crippen LogP contribution in [0.1, 0.15) is 98.6 Å². The molecule has 2 aromatic rings. The van der Waals surface area contributed by atoms with E-state index in [0.29, 0.717) is 0 Å². The summed E-state index contributed by atoms with van der Waals surface area (Å²) >= 11 is 0. The molecule has 0 spiro atoms. The third-order valence-corrected chi connectivity index (χ3v) is 6.29. The zero-order valence-corrected chi connectivity index (χ0v) is 19.4. The van der Waals surface area contributed by atoms with Gasteiger partial charge < -0.3 is 0 Å². The van der Waals surface area contributed by atoms with Crippen molar-refractivity contribution in [2.45, 2.75) is 106 Å². The molecule has 0 amide bonds. The summed E-state index contributed by atoms with van der Waals surface area (Å²) in [4.78, 5) is 0.